The SMILES string of the molecule is Fc1ccc(Cl)c(F)c1CCl. The molecule has 0 aliphatic carbocycles. The van der Waals surface area contributed by atoms with Crippen molar-refractivity contribution in [2.75, 3.05) is 0 Å². The molecule has 0 saturated heterocycles. The molecule has 0 heterocycles. The highest BCUT2D eigenvalue weighted by Gasteiger charge is 2.10. The molecule has 0 aromatic heterocycles. The lowest BCUT2D eigenvalue weighted by molar-refractivity contribution is 0.566. The van der Waals surface area contributed by atoms with Crippen molar-refractivity contribution < 1.29 is 8.78 Å². The fourth-order valence-electron chi connectivity index (χ4n) is 0.692. The monoisotopic (exact) mass is 196 g/mol. The summed E-state index contributed by atoms with van der Waals surface area (Å²) in [5.74, 6) is -1.65. The smallest absolute Gasteiger partial charge is 0.149 e. The third-order valence-electron chi connectivity index (χ3n) is 1.27. The van der Waals surface area contributed by atoms with Gasteiger partial charge in [0.1, 0.15) is 11.6 Å². The number of hydrogen-bond acceptors (Lipinski definition) is 0. The molecule has 0 atom stereocenters. The first-order chi connectivity index (χ1) is 5.16. The lowest BCUT2D eigenvalue weighted by atomic mass is 10.2. The largest absolute Gasteiger partial charge is 0.207 e. The van der Waals surface area contributed by atoms with Gasteiger partial charge < -0.3 is 0 Å². The predicted octanol–water partition coefficient (Wildman–Crippen LogP) is 3.36. The van der Waals surface area contributed by atoms with Crippen molar-refractivity contribution >= 4 is 23.2 Å². The van der Waals surface area contributed by atoms with Gasteiger partial charge in [0.2, 0.25) is 0 Å². The van der Waals surface area contributed by atoms with Crippen LogP contribution in [0.15, 0.2) is 12.1 Å². The lowest BCUT2D eigenvalue weighted by Gasteiger charge is -2.00. The Morgan fingerprint density at radius 1 is 1.27 bits per heavy atom. The van der Waals surface area contributed by atoms with E-state index in [0.29, 0.717) is 0 Å². The molecule has 0 nitrogen and oxygen atoms in total. The Hall–Kier alpha value is -0.340. The Bertz CT molecular complexity index is 273. The maximum absolute atomic E-state index is 12.8. The van der Waals surface area contributed by atoms with E-state index >= 15 is 0 Å². The Morgan fingerprint density at radius 3 is 2.36 bits per heavy atom. The zero-order valence-corrected chi connectivity index (χ0v) is 6.89. The second-order valence-electron chi connectivity index (χ2n) is 1.96. The Balaban J connectivity index is 3.29. The number of alkyl halides is 1. The van der Waals surface area contributed by atoms with Crippen LogP contribution in [0.5, 0.6) is 0 Å². The molecule has 0 unspecified atom stereocenters. The first-order valence-corrected chi connectivity index (χ1v) is 3.76. The van der Waals surface area contributed by atoms with E-state index in [1.807, 2.05) is 0 Å². The van der Waals surface area contributed by atoms with Gasteiger partial charge in [0.15, 0.2) is 0 Å². The van der Waals surface area contributed by atoms with Crippen LogP contribution in [0.2, 0.25) is 5.02 Å². The van der Waals surface area contributed by atoms with Gasteiger partial charge in [0.05, 0.1) is 10.9 Å². The normalized spacial score (nSPS) is 10.2. The summed E-state index contributed by atoms with van der Waals surface area (Å²) in [4.78, 5) is 0. The molecule has 0 aliphatic heterocycles. The maximum Gasteiger partial charge on any atom is 0.149 e. The van der Waals surface area contributed by atoms with E-state index in [1.165, 1.54) is 0 Å². The van der Waals surface area contributed by atoms with Gasteiger partial charge in [-0.3, -0.25) is 0 Å². The Labute approximate surface area is 72.7 Å². The predicted molar refractivity (Wildman–Crippen MR) is 40.9 cm³/mol. The van der Waals surface area contributed by atoms with Crippen LogP contribution < -0.4 is 0 Å². The summed E-state index contributed by atoms with van der Waals surface area (Å²) >= 11 is 10.6. The third-order valence-corrected chi connectivity index (χ3v) is 1.83. The van der Waals surface area contributed by atoms with Gasteiger partial charge in [-0.2, -0.15) is 0 Å². The molecule has 60 valence electrons. The van der Waals surface area contributed by atoms with Crippen LogP contribution in [0.4, 0.5) is 8.78 Å². The highest BCUT2D eigenvalue weighted by Crippen LogP contribution is 2.21. The number of rotatable bonds is 1. The molecule has 1 rings (SSSR count). The van der Waals surface area contributed by atoms with Crippen LogP contribution in [0.1, 0.15) is 5.56 Å². The molecule has 0 amide bonds. The Morgan fingerprint density at radius 2 is 1.91 bits per heavy atom. The van der Waals surface area contributed by atoms with Crippen molar-refractivity contribution in [3.63, 3.8) is 0 Å². The first-order valence-electron chi connectivity index (χ1n) is 2.85. The van der Waals surface area contributed by atoms with E-state index in [9.17, 15) is 8.78 Å². The van der Waals surface area contributed by atoms with Gasteiger partial charge in [-0.15, -0.1) is 11.6 Å². The number of benzene rings is 1. The van der Waals surface area contributed by atoms with E-state index in [2.05, 4.69) is 0 Å². The van der Waals surface area contributed by atoms with Gasteiger partial charge in [0, 0.05) is 5.56 Å². The molecular weight excluding hydrogens is 193 g/mol. The van der Waals surface area contributed by atoms with Crippen molar-refractivity contribution in [2.45, 2.75) is 5.88 Å². The fourth-order valence-corrected chi connectivity index (χ4v) is 1.11. The van der Waals surface area contributed by atoms with Crippen LogP contribution in [0.25, 0.3) is 0 Å². The van der Waals surface area contributed by atoms with E-state index in [-0.39, 0.29) is 16.5 Å². The average Bonchev–Trinajstić information content (AvgIpc) is 1.99. The first kappa shape index (κ1) is 8.75. The standard InChI is InChI=1S/C7H4Cl2F2/c8-3-4-6(10)2-1-5(9)7(4)11/h1-2H,3H2. The van der Waals surface area contributed by atoms with Crippen molar-refractivity contribution in [2.24, 2.45) is 0 Å². The summed E-state index contributed by atoms with van der Waals surface area (Å²) in [6.45, 7) is 0. The molecular formula is C7H4Cl2F2. The Kier molecular flexibility index (Phi) is 2.68. The molecule has 0 fully saturated rings. The molecule has 1 aromatic carbocycles. The minimum absolute atomic E-state index is 0.109. The average molecular weight is 197 g/mol. The van der Waals surface area contributed by atoms with Gasteiger partial charge in [0.25, 0.3) is 0 Å². The third kappa shape index (κ3) is 1.63. The van der Waals surface area contributed by atoms with Gasteiger partial charge >= 0.3 is 0 Å². The molecule has 0 aliphatic rings. The molecule has 11 heavy (non-hydrogen) atoms. The summed E-state index contributed by atoms with van der Waals surface area (Å²) in [7, 11) is 0. The van der Waals surface area contributed by atoms with Crippen molar-refractivity contribution in [1.29, 1.82) is 0 Å². The molecule has 0 spiro atoms. The molecule has 1 aromatic rings. The van der Waals surface area contributed by atoms with Crippen LogP contribution in [0.3, 0.4) is 0 Å². The molecule has 4 heteroatoms. The maximum atomic E-state index is 12.8. The zero-order valence-electron chi connectivity index (χ0n) is 5.37. The van der Waals surface area contributed by atoms with Crippen LogP contribution in [0, 0.1) is 11.6 Å². The molecule has 0 radical (unpaired) electrons. The second-order valence-corrected chi connectivity index (χ2v) is 2.63. The zero-order chi connectivity index (χ0) is 8.43. The second kappa shape index (κ2) is 3.37. The van der Waals surface area contributed by atoms with E-state index < -0.39 is 11.6 Å². The minimum Gasteiger partial charge on any atom is -0.207 e. The van der Waals surface area contributed by atoms with E-state index in [0.717, 1.165) is 12.1 Å². The van der Waals surface area contributed by atoms with Crippen molar-refractivity contribution in [1.82, 2.24) is 0 Å². The minimum atomic E-state index is -0.776. The molecule has 0 bridgehead atoms. The summed E-state index contributed by atoms with van der Waals surface area (Å²) in [5, 5.41) is -0.109. The lowest BCUT2D eigenvalue weighted by Crippen LogP contribution is -1.92. The number of hydrogen-bond donors (Lipinski definition) is 0. The van der Waals surface area contributed by atoms with E-state index in [4.69, 9.17) is 23.2 Å². The molecule has 0 N–H and O–H groups in total. The molecule has 0 saturated carbocycles. The fraction of sp³-hybridized carbons (Fsp3) is 0.143. The number of halogens is 4. The van der Waals surface area contributed by atoms with Gasteiger partial charge in [-0.25, -0.2) is 8.78 Å². The van der Waals surface area contributed by atoms with Crippen molar-refractivity contribution in [3.05, 3.63) is 34.4 Å². The van der Waals surface area contributed by atoms with Crippen LogP contribution in [-0.4, -0.2) is 0 Å². The highest BCUT2D eigenvalue weighted by molar-refractivity contribution is 6.30. The quantitative estimate of drug-likeness (QED) is 0.478. The summed E-state index contributed by atoms with van der Waals surface area (Å²) in [6, 6.07) is 2.24. The van der Waals surface area contributed by atoms with E-state index in [1.54, 1.807) is 0 Å². The topological polar surface area (TPSA) is 0 Å². The van der Waals surface area contributed by atoms with Crippen molar-refractivity contribution in [3.8, 4) is 0 Å². The van der Waals surface area contributed by atoms with Gasteiger partial charge in [-0.1, -0.05) is 11.6 Å². The van der Waals surface area contributed by atoms with Gasteiger partial charge in [-0.05, 0) is 12.1 Å². The summed E-state index contributed by atoms with van der Waals surface area (Å²) < 4.78 is 25.5. The summed E-state index contributed by atoms with van der Waals surface area (Å²) in [6.07, 6.45) is 0. The summed E-state index contributed by atoms with van der Waals surface area (Å²) in [5.41, 5.74) is -0.181. The van der Waals surface area contributed by atoms with Crippen LogP contribution >= 0.6 is 23.2 Å². The van der Waals surface area contributed by atoms with Crippen LogP contribution in [-0.2, 0) is 5.88 Å². The highest BCUT2D eigenvalue weighted by atomic mass is 35.5.